The van der Waals surface area contributed by atoms with Crippen LogP contribution in [0, 0.1) is 6.92 Å². The molecule has 0 bridgehead atoms. The van der Waals surface area contributed by atoms with Gasteiger partial charge in [-0.15, -0.1) is 0 Å². The number of carbonyl (C=O) groups excluding carboxylic acids is 2. The summed E-state index contributed by atoms with van der Waals surface area (Å²) < 4.78 is 4.15. The zero-order valence-electron chi connectivity index (χ0n) is 21.7. The molecular formula is C28H37ClN4O3. The Balaban J connectivity index is 0.000000214. The molecule has 1 amide bonds. The van der Waals surface area contributed by atoms with Gasteiger partial charge in [0.15, 0.2) is 0 Å². The molecule has 0 radical (unpaired) electrons. The number of rotatable bonds is 4. The Morgan fingerprint density at radius 3 is 2.42 bits per heavy atom. The fraction of sp³-hybridized carbons (Fsp3) is 0.429. The maximum atomic E-state index is 10.2. The van der Waals surface area contributed by atoms with E-state index in [1.807, 2.05) is 6.07 Å². The normalized spacial score (nSPS) is 17.8. The van der Waals surface area contributed by atoms with Crippen molar-refractivity contribution < 1.29 is 14.3 Å². The second-order valence-electron chi connectivity index (χ2n) is 9.25. The highest BCUT2D eigenvalue weighted by atomic mass is 35.5. The van der Waals surface area contributed by atoms with Crippen LogP contribution < -0.4 is 0 Å². The Labute approximate surface area is 219 Å². The number of nitrogens with zero attached hydrogens (tertiary/aromatic N) is 3. The highest BCUT2D eigenvalue weighted by Crippen LogP contribution is 2.38. The zero-order valence-corrected chi connectivity index (χ0v) is 22.4. The largest absolute Gasteiger partial charge is 0.468 e. The summed E-state index contributed by atoms with van der Waals surface area (Å²) in [6, 6.07) is 15.2. The van der Waals surface area contributed by atoms with Crippen molar-refractivity contribution in [2.45, 2.75) is 26.3 Å². The first-order valence-corrected chi connectivity index (χ1v) is 12.8. The summed E-state index contributed by atoms with van der Waals surface area (Å²) in [5.74, 6) is 0. The zero-order chi connectivity index (χ0) is 26.1. The number of H-pyrrole nitrogens is 1. The number of carbonyl (C=O) groups is 2. The lowest BCUT2D eigenvalue weighted by Gasteiger charge is -2.33. The summed E-state index contributed by atoms with van der Waals surface area (Å²) in [4.78, 5) is 29.5. The van der Waals surface area contributed by atoms with Crippen LogP contribution in [0.5, 0.6) is 0 Å². The van der Waals surface area contributed by atoms with Gasteiger partial charge in [0.2, 0.25) is 6.41 Å². The number of amides is 1. The highest BCUT2D eigenvalue weighted by Gasteiger charge is 2.29. The molecule has 2 aromatic carbocycles. The van der Waals surface area contributed by atoms with Gasteiger partial charge in [-0.3, -0.25) is 14.5 Å². The Morgan fingerprint density at radius 2 is 1.81 bits per heavy atom. The van der Waals surface area contributed by atoms with E-state index in [0.717, 1.165) is 50.6 Å². The molecule has 0 saturated carbocycles. The van der Waals surface area contributed by atoms with Crippen LogP contribution >= 0.6 is 11.6 Å². The van der Waals surface area contributed by atoms with Crippen LogP contribution in [0.4, 0.5) is 0 Å². The molecule has 1 N–H and O–H groups in total. The third kappa shape index (κ3) is 7.09. The van der Waals surface area contributed by atoms with Crippen LogP contribution in [0.25, 0.3) is 10.9 Å². The van der Waals surface area contributed by atoms with Crippen molar-refractivity contribution in [2.24, 2.45) is 0 Å². The fourth-order valence-corrected chi connectivity index (χ4v) is 4.81. The maximum Gasteiger partial charge on any atom is 0.293 e. The van der Waals surface area contributed by atoms with Gasteiger partial charge in [0.25, 0.3) is 6.47 Å². The summed E-state index contributed by atoms with van der Waals surface area (Å²) >= 11 is 6.20. The molecule has 3 heterocycles. The van der Waals surface area contributed by atoms with Crippen molar-refractivity contribution in [2.75, 3.05) is 53.4 Å². The molecular weight excluding hydrogens is 476 g/mol. The molecule has 1 aromatic heterocycles. The number of piperazine rings is 1. The topological polar surface area (TPSA) is 68.9 Å². The lowest BCUT2D eigenvalue weighted by molar-refractivity contribution is -0.128. The lowest BCUT2D eigenvalue weighted by atomic mass is 9.92. The molecule has 1 atom stereocenters. The van der Waals surface area contributed by atoms with E-state index < -0.39 is 0 Å². The van der Waals surface area contributed by atoms with Gasteiger partial charge in [0, 0.05) is 54.3 Å². The number of benzene rings is 2. The molecule has 194 valence electrons. The minimum Gasteiger partial charge on any atom is -0.468 e. The molecule has 1 saturated heterocycles. The van der Waals surface area contributed by atoms with Crippen LogP contribution in [0.1, 0.15) is 35.3 Å². The number of nitrogens with one attached hydrogen (secondary N) is 1. The van der Waals surface area contributed by atoms with Crippen LogP contribution in [0.15, 0.2) is 42.5 Å². The van der Waals surface area contributed by atoms with Crippen LogP contribution in [0.3, 0.4) is 0 Å². The number of likely N-dealkylation sites (N-methyl/N-ethyl adjacent to an activating group) is 2. The van der Waals surface area contributed by atoms with E-state index in [0.29, 0.717) is 13.1 Å². The predicted octanol–water partition coefficient (Wildman–Crippen LogP) is 4.28. The average Bonchev–Trinajstić information content (AvgIpc) is 3.23. The van der Waals surface area contributed by atoms with Crippen LogP contribution in [-0.4, -0.2) is 86.0 Å². The molecule has 2 aliphatic heterocycles. The third-order valence-corrected chi connectivity index (χ3v) is 6.84. The Kier molecular flexibility index (Phi) is 10.3. The van der Waals surface area contributed by atoms with E-state index in [2.05, 4.69) is 76.9 Å². The standard InChI is InChI=1S/C19H19ClN2.C6H12N2O.C3H6O2/c1-12-4-3-5-13(10-12)19-18-15(8-9-22(19)2)16-11-14(20)6-7-17(16)21-18;1-7-2-4-8(6-9)5-3-7;1-2-5-3-4/h3-7,10-11,19,21H,8-9H2,1-2H3;6H,2-5H2,1H3;3H,2H2,1H3. The number of ether oxygens (including phenoxy) is 1. The Morgan fingerprint density at radius 1 is 1.06 bits per heavy atom. The van der Waals surface area contributed by atoms with E-state index in [1.54, 1.807) is 11.8 Å². The van der Waals surface area contributed by atoms with Crippen molar-refractivity contribution >= 4 is 35.4 Å². The summed E-state index contributed by atoms with van der Waals surface area (Å²) in [5, 5.41) is 2.08. The summed E-state index contributed by atoms with van der Waals surface area (Å²) in [6.45, 7) is 9.68. The minimum absolute atomic E-state index is 0.287. The van der Waals surface area contributed by atoms with Crippen molar-refractivity contribution in [1.82, 2.24) is 19.7 Å². The highest BCUT2D eigenvalue weighted by molar-refractivity contribution is 6.31. The number of halogens is 1. The van der Waals surface area contributed by atoms with Gasteiger partial charge in [-0.2, -0.15) is 0 Å². The number of aromatic nitrogens is 1. The molecule has 2 aliphatic rings. The average molecular weight is 513 g/mol. The van der Waals surface area contributed by atoms with Crippen LogP contribution in [-0.2, 0) is 20.7 Å². The molecule has 3 aromatic rings. The molecule has 1 fully saturated rings. The Bertz CT molecular complexity index is 1140. The van der Waals surface area contributed by atoms with Crippen LogP contribution in [0.2, 0.25) is 5.02 Å². The minimum atomic E-state index is 0.287. The van der Waals surface area contributed by atoms with Crippen molar-refractivity contribution in [3.05, 3.63) is 69.9 Å². The first kappa shape index (κ1) is 27.7. The predicted molar refractivity (Wildman–Crippen MR) is 145 cm³/mol. The molecule has 0 aliphatic carbocycles. The summed E-state index contributed by atoms with van der Waals surface area (Å²) in [7, 11) is 4.27. The van der Waals surface area contributed by atoms with Crippen molar-refractivity contribution in [1.29, 1.82) is 0 Å². The van der Waals surface area contributed by atoms with Gasteiger partial charge in [-0.25, -0.2) is 0 Å². The quantitative estimate of drug-likeness (QED) is 0.528. The van der Waals surface area contributed by atoms with Gasteiger partial charge in [0.05, 0.1) is 12.6 Å². The van der Waals surface area contributed by atoms with Gasteiger partial charge in [-0.05, 0) is 63.7 Å². The number of hydrogen-bond acceptors (Lipinski definition) is 5. The Hall–Kier alpha value is -2.87. The fourth-order valence-electron chi connectivity index (χ4n) is 4.64. The van der Waals surface area contributed by atoms with E-state index in [9.17, 15) is 9.59 Å². The number of aromatic amines is 1. The summed E-state index contributed by atoms with van der Waals surface area (Å²) in [6.07, 6.45) is 1.99. The molecule has 36 heavy (non-hydrogen) atoms. The molecule has 0 spiro atoms. The smallest absolute Gasteiger partial charge is 0.293 e. The molecule has 1 unspecified atom stereocenters. The summed E-state index contributed by atoms with van der Waals surface area (Å²) in [5.41, 5.74) is 6.57. The first-order valence-electron chi connectivity index (χ1n) is 12.4. The number of hydrogen-bond donors (Lipinski definition) is 1. The van der Waals surface area contributed by atoms with Crippen molar-refractivity contribution in [3.63, 3.8) is 0 Å². The number of fused-ring (bicyclic) bond motifs is 3. The number of aryl methyl sites for hydroxylation is 1. The second kappa shape index (κ2) is 13.4. The van der Waals surface area contributed by atoms with Crippen molar-refractivity contribution in [3.8, 4) is 0 Å². The van der Waals surface area contributed by atoms with Gasteiger partial charge >= 0.3 is 0 Å². The molecule has 7 nitrogen and oxygen atoms in total. The van der Waals surface area contributed by atoms with E-state index in [4.69, 9.17) is 11.6 Å². The van der Waals surface area contributed by atoms with E-state index in [-0.39, 0.29) is 6.04 Å². The lowest BCUT2D eigenvalue weighted by Crippen LogP contribution is -2.43. The van der Waals surface area contributed by atoms with Gasteiger partial charge < -0.3 is 19.5 Å². The third-order valence-electron chi connectivity index (χ3n) is 6.61. The SMILES string of the molecule is CCOC=O.CN1CCN(C=O)CC1.Cc1cccc(C2c3[nH]c4ccc(Cl)cc4c3CCN2C)c1. The monoisotopic (exact) mass is 512 g/mol. The van der Waals surface area contributed by atoms with E-state index >= 15 is 0 Å². The molecule has 5 rings (SSSR count). The maximum absolute atomic E-state index is 10.2. The van der Waals surface area contributed by atoms with Gasteiger partial charge in [0.1, 0.15) is 0 Å². The second-order valence-corrected chi connectivity index (χ2v) is 9.69. The van der Waals surface area contributed by atoms with Gasteiger partial charge in [-0.1, -0.05) is 41.4 Å². The van der Waals surface area contributed by atoms with E-state index in [1.165, 1.54) is 33.3 Å². The first-order chi connectivity index (χ1) is 17.4. The molecule has 8 heteroatoms.